The summed E-state index contributed by atoms with van der Waals surface area (Å²) in [7, 11) is 0. The Labute approximate surface area is 127 Å². The van der Waals surface area contributed by atoms with Crippen molar-refractivity contribution in [2.75, 3.05) is 36.0 Å². The zero-order valence-corrected chi connectivity index (χ0v) is 12.7. The van der Waals surface area contributed by atoms with Gasteiger partial charge in [0.2, 0.25) is 5.91 Å². The smallest absolute Gasteiger partial charge is 0.245 e. The molecule has 2 fully saturated rings. The van der Waals surface area contributed by atoms with Crippen molar-refractivity contribution in [1.29, 1.82) is 0 Å². The van der Waals surface area contributed by atoms with Crippen LogP contribution in [0.25, 0.3) is 0 Å². The van der Waals surface area contributed by atoms with E-state index in [0.29, 0.717) is 10.8 Å². The van der Waals surface area contributed by atoms with Gasteiger partial charge < -0.3 is 9.80 Å². The van der Waals surface area contributed by atoms with Crippen LogP contribution in [-0.2, 0) is 4.79 Å². The SMILES string of the molecule is O=C(C1CCCN1c1ncncc1Cl)N1CCSCC1. The molecule has 7 heteroatoms. The third-order valence-corrected chi connectivity index (χ3v) is 4.99. The van der Waals surface area contributed by atoms with Gasteiger partial charge in [-0.3, -0.25) is 4.79 Å². The maximum Gasteiger partial charge on any atom is 0.245 e. The largest absolute Gasteiger partial charge is 0.343 e. The van der Waals surface area contributed by atoms with Crippen LogP contribution < -0.4 is 4.90 Å². The molecule has 0 saturated carbocycles. The molecule has 5 nitrogen and oxygen atoms in total. The number of amides is 1. The summed E-state index contributed by atoms with van der Waals surface area (Å²) in [5, 5.41) is 0.515. The molecule has 1 atom stereocenters. The van der Waals surface area contributed by atoms with Crippen LogP contribution in [0.3, 0.4) is 0 Å². The summed E-state index contributed by atoms with van der Waals surface area (Å²) in [6, 6.07) is -0.120. The van der Waals surface area contributed by atoms with E-state index in [9.17, 15) is 4.79 Å². The van der Waals surface area contributed by atoms with E-state index in [0.717, 1.165) is 44.0 Å². The Morgan fingerprint density at radius 1 is 1.35 bits per heavy atom. The molecule has 1 unspecified atom stereocenters. The van der Waals surface area contributed by atoms with Crippen LogP contribution in [0, 0.1) is 0 Å². The molecular formula is C13H17ClN4OS. The molecule has 0 radical (unpaired) electrons. The first-order chi connectivity index (χ1) is 9.77. The summed E-state index contributed by atoms with van der Waals surface area (Å²) < 4.78 is 0. The van der Waals surface area contributed by atoms with E-state index in [4.69, 9.17) is 11.6 Å². The fourth-order valence-corrected chi connectivity index (χ4v) is 3.91. The summed E-state index contributed by atoms with van der Waals surface area (Å²) in [4.78, 5) is 24.9. The van der Waals surface area contributed by atoms with Crippen molar-refractivity contribution in [1.82, 2.24) is 14.9 Å². The van der Waals surface area contributed by atoms with E-state index in [-0.39, 0.29) is 11.9 Å². The molecule has 0 N–H and O–H groups in total. The van der Waals surface area contributed by atoms with E-state index in [2.05, 4.69) is 9.97 Å². The number of hydrogen-bond acceptors (Lipinski definition) is 5. The van der Waals surface area contributed by atoms with Crippen LogP contribution in [-0.4, -0.2) is 58.0 Å². The van der Waals surface area contributed by atoms with Gasteiger partial charge in [0.1, 0.15) is 17.4 Å². The quantitative estimate of drug-likeness (QED) is 0.831. The Bertz CT molecular complexity index is 495. The molecule has 2 saturated heterocycles. The minimum absolute atomic E-state index is 0.120. The first-order valence-corrected chi connectivity index (χ1v) is 8.39. The van der Waals surface area contributed by atoms with Gasteiger partial charge in [-0.2, -0.15) is 11.8 Å². The second-order valence-corrected chi connectivity index (χ2v) is 6.62. The number of rotatable bonds is 2. The van der Waals surface area contributed by atoms with Gasteiger partial charge in [-0.25, -0.2) is 9.97 Å². The van der Waals surface area contributed by atoms with Crippen molar-refractivity contribution in [3.63, 3.8) is 0 Å². The summed E-state index contributed by atoms with van der Waals surface area (Å²) in [5.74, 6) is 2.97. The van der Waals surface area contributed by atoms with E-state index in [1.54, 1.807) is 6.20 Å². The highest BCUT2D eigenvalue weighted by atomic mass is 35.5. The Morgan fingerprint density at radius 2 is 2.15 bits per heavy atom. The lowest BCUT2D eigenvalue weighted by Crippen LogP contribution is -2.48. The van der Waals surface area contributed by atoms with Crippen LogP contribution in [0.4, 0.5) is 5.82 Å². The lowest BCUT2D eigenvalue weighted by molar-refractivity contribution is -0.132. The van der Waals surface area contributed by atoms with E-state index in [1.165, 1.54) is 6.33 Å². The van der Waals surface area contributed by atoms with Gasteiger partial charge >= 0.3 is 0 Å². The summed E-state index contributed by atoms with van der Waals surface area (Å²) in [6.07, 6.45) is 4.95. The number of carbonyl (C=O) groups excluding carboxylic acids is 1. The molecule has 2 aliphatic rings. The normalized spacial score (nSPS) is 23.1. The minimum Gasteiger partial charge on any atom is -0.343 e. The van der Waals surface area contributed by atoms with Crippen molar-refractivity contribution in [3.05, 3.63) is 17.5 Å². The number of nitrogens with zero attached hydrogens (tertiary/aromatic N) is 4. The highest BCUT2D eigenvalue weighted by molar-refractivity contribution is 7.99. The van der Waals surface area contributed by atoms with Crippen molar-refractivity contribution in [2.24, 2.45) is 0 Å². The first kappa shape index (κ1) is 13.9. The highest BCUT2D eigenvalue weighted by Crippen LogP contribution is 2.30. The highest BCUT2D eigenvalue weighted by Gasteiger charge is 2.35. The average molecular weight is 313 g/mol. The number of halogens is 1. The maximum atomic E-state index is 12.7. The second-order valence-electron chi connectivity index (χ2n) is 4.98. The molecule has 3 rings (SSSR count). The predicted molar refractivity (Wildman–Crippen MR) is 81.3 cm³/mol. The van der Waals surface area contributed by atoms with Gasteiger partial charge in [0.25, 0.3) is 0 Å². The number of anilines is 1. The van der Waals surface area contributed by atoms with Gasteiger partial charge in [0.05, 0.1) is 6.20 Å². The summed E-state index contributed by atoms with van der Waals surface area (Å²) in [6.45, 7) is 2.53. The molecule has 0 aliphatic carbocycles. The molecular weight excluding hydrogens is 296 g/mol. The Hall–Kier alpha value is -1.01. The molecule has 0 aromatic carbocycles. The lowest BCUT2D eigenvalue weighted by Gasteiger charge is -2.33. The number of carbonyl (C=O) groups is 1. The fraction of sp³-hybridized carbons (Fsp3) is 0.615. The lowest BCUT2D eigenvalue weighted by atomic mass is 10.2. The van der Waals surface area contributed by atoms with E-state index in [1.807, 2.05) is 21.6 Å². The third-order valence-electron chi connectivity index (χ3n) is 3.78. The number of thioether (sulfide) groups is 1. The third kappa shape index (κ3) is 2.72. The van der Waals surface area contributed by atoms with Crippen LogP contribution >= 0.6 is 23.4 Å². The van der Waals surface area contributed by atoms with Crippen molar-refractivity contribution in [2.45, 2.75) is 18.9 Å². The van der Waals surface area contributed by atoms with Crippen LogP contribution in [0.5, 0.6) is 0 Å². The maximum absolute atomic E-state index is 12.7. The standard InChI is InChI=1S/C13H17ClN4OS/c14-10-8-15-9-16-12(10)18-3-1-2-11(18)13(19)17-4-6-20-7-5-17/h8-9,11H,1-7H2. The van der Waals surface area contributed by atoms with E-state index >= 15 is 0 Å². The van der Waals surface area contributed by atoms with Gasteiger partial charge in [0.15, 0.2) is 5.82 Å². The molecule has 0 spiro atoms. The molecule has 20 heavy (non-hydrogen) atoms. The zero-order chi connectivity index (χ0) is 13.9. The van der Waals surface area contributed by atoms with Crippen LogP contribution in [0.15, 0.2) is 12.5 Å². The molecule has 2 aliphatic heterocycles. The summed E-state index contributed by atoms with van der Waals surface area (Å²) >= 11 is 8.07. The first-order valence-electron chi connectivity index (χ1n) is 6.86. The zero-order valence-electron chi connectivity index (χ0n) is 11.2. The van der Waals surface area contributed by atoms with Gasteiger partial charge in [-0.1, -0.05) is 11.6 Å². The van der Waals surface area contributed by atoms with Gasteiger partial charge in [-0.15, -0.1) is 0 Å². The Balaban J connectivity index is 1.78. The number of hydrogen-bond donors (Lipinski definition) is 0. The molecule has 1 aromatic heterocycles. The van der Waals surface area contributed by atoms with Crippen molar-refractivity contribution < 1.29 is 4.79 Å². The van der Waals surface area contributed by atoms with Crippen molar-refractivity contribution in [3.8, 4) is 0 Å². The monoisotopic (exact) mass is 312 g/mol. The second kappa shape index (κ2) is 6.18. The minimum atomic E-state index is -0.120. The molecule has 3 heterocycles. The molecule has 1 aromatic rings. The predicted octanol–water partition coefficient (Wildman–Crippen LogP) is 1.67. The van der Waals surface area contributed by atoms with Crippen LogP contribution in [0.1, 0.15) is 12.8 Å². The average Bonchev–Trinajstić information content (AvgIpc) is 2.97. The Morgan fingerprint density at radius 3 is 2.90 bits per heavy atom. The molecule has 108 valence electrons. The molecule has 0 bridgehead atoms. The topological polar surface area (TPSA) is 49.3 Å². The fourth-order valence-electron chi connectivity index (χ4n) is 2.79. The van der Waals surface area contributed by atoms with Gasteiger partial charge in [-0.05, 0) is 12.8 Å². The van der Waals surface area contributed by atoms with Crippen LogP contribution in [0.2, 0.25) is 5.02 Å². The van der Waals surface area contributed by atoms with E-state index < -0.39 is 0 Å². The summed E-state index contributed by atoms with van der Waals surface area (Å²) in [5.41, 5.74) is 0. The Kier molecular flexibility index (Phi) is 4.31. The van der Waals surface area contributed by atoms with Crippen molar-refractivity contribution >= 4 is 35.1 Å². The number of aromatic nitrogens is 2. The van der Waals surface area contributed by atoms with Gasteiger partial charge in [0, 0.05) is 31.1 Å². The molecule has 1 amide bonds.